The van der Waals surface area contributed by atoms with Crippen LogP contribution in [0.1, 0.15) is 30.0 Å². The van der Waals surface area contributed by atoms with Crippen LogP contribution in [0.25, 0.3) is 0 Å². The molecule has 2 aromatic rings. The smallest absolute Gasteiger partial charge is 0.128 e. The first kappa shape index (κ1) is 15.5. The maximum atomic E-state index is 4.48. The number of benzene rings is 1. The normalized spacial score (nSPS) is 10.6. The summed E-state index contributed by atoms with van der Waals surface area (Å²) in [7, 11) is 2.09. The summed E-state index contributed by atoms with van der Waals surface area (Å²) in [5.41, 5.74) is 3.89. The number of aromatic nitrogens is 1. The monoisotopic (exact) mass is 283 g/mol. The molecule has 3 nitrogen and oxygen atoms in total. The Morgan fingerprint density at radius 3 is 2.76 bits per heavy atom. The Balaban J connectivity index is 2.01. The fourth-order valence-corrected chi connectivity index (χ4v) is 2.35. The van der Waals surface area contributed by atoms with E-state index in [0.717, 1.165) is 31.9 Å². The van der Waals surface area contributed by atoms with Gasteiger partial charge < -0.3 is 10.2 Å². The minimum absolute atomic E-state index is 0.876. The number of aryl methyl sites for hydroxylation is 1. The van der Waals surface area contributed by atoms with Crippen LogP contribution >= 0.6 is 0 Å². The molecular formula is C18H25N3. The van der Waals surface area contributed by atoms with Crippen LogP contribution < -0.4 is 10.2 Å². The predicted octanol–water partition coefficient (Wildman–Crippen LogP) is 3.53. The first-order valence-electron chi connectivity index (χ1n) is 7.61. The lowest BCUT2D eigenvalue weighted by atomic mass is 10.1. The van der Waals surface area contributed by atoms with E-state index >= 15 is 0 Å². The van der Waals surface area contributed by atoms with Gasteiger partial charge in [-0.05, 0) is 43.1 Å². The molecule has 112 valence electrons. The highest BCUT2D eigenvalue weighted by atomic mass is 15.2. The van der Waals surface area contributed by atoms with Gasteiger partial charge in [0.2, 0.25) is 0 Å². The summed E-state index contributed by atoms with van der Waals surface area (Å²) < 4.78 is 0. The summed E-state index contributed by atoms with van der Waals surface area (Å²) in [6.07, 6.45) is 3.05. The van der Waals surface area contributed by atoms with Crippen molar-refractivity contribution in [3.63, 3.8) is 0 Å². The van der Waals surface area contributed by atoms with Crippen molar-refractivity contribution in [2.24, 2.45) is 0 Å². The van der Waals surface area contributed by atoms with E-state index in [1.807, 2.05) is 6.20 Å². The minimum Gasteiger partial charge on any atom is -0.355 e. The maximum Gasteiger partial charge on any atom is 0.128 e. The molecule has 1 N–H and O–H groups in total. The Morgan fingerprint density at radius 2 is 2.00 bits per heavy atom. The van der Waals surface area contributed by atoms with Crippen LogP contribution in [0.5, 0.6) is 0 Å². The number of rotatable bonds is 7. The molecule has 0 saturated heterocycles. The molecule has 0 fully saturated rings. The van der Waals surface area contributed by atoms with E-state index in [0.29, 0.717) is 0 Å². The van der Waals surface area contributed by atoms with E-state index in [-0.39, 0.29) is 0 Å². The lowest BCUT2D eigenvalue weighted by Gasteiger charge is -2.19. The Bertz CT molecular complexity index is 566. The molecule has 2 rings (SSSR count). The van der Waals surface area contributed by atoms with Gasteiger partial charge in [-0.3, -0.25) is 0 Å². The third-order valence-electron chi connectivity index (χ3n) is 3.46. The summed E-state index contributed by atoms with van der Waals surface area (Å²) in [4.78, 5) is 6.68. The van der Waals surface area contributed by atoms with E-state index in [4.69, 9.17) is 0 Å². The average Bonchev–Trinajstić information content (AvgIpc) is 2.48. The van der Waals surface area contributed by atoms with E-state index in [1.165, 1.54) is 16.7 Å². The number of anilines is 1. The quantitative estimate of drug-likeness (QED) is 0.788. The van der Waals surface area contributed by atoms with Crippen LogP contribution in [0, 0.1) is 6.92 Å². The van der Waals surface area contributed by atoms with Gasteiger partial charge in [-0.1, -0.05) is 36.8 Å². The first-order chi connectivity index (χ1) is 10.2. The Kier molecular flexibility index (Phi) is 5.76. The van der Waals surface area contributed by atoms with Gasteiger partial charge in [0.15, 0.2) is 0 Å². The predicted molar refractivity (Wildman–Crippen MR) is 89.5 cm³/mol. The van der Waals surface area contributed by atoms with Crippen LogP contribution in [-0.2, 0) is 13.1 Å². The van der Waals surface area contributed by atoms with Gasteiger partial charge in [0, 0.05) is 26.3 Å². The number of nitrogens with zero attached hydrogens (tertiary/aromatic N) is 2. The molecule has 0 aliphatic carbocycles. The molecule has 0 unspecified atom stereocenters. The molecule has 0 spiro atoms. The average molecular weight is 283 g/mol. The zero-order valence-electron chi connectivity index (χ0n) is 13.3. The topological polar surface area (TPSA) is 28.2 Å². The Hall–Kier alpha value is -1.87. The molecule has 0 aliphatic rings. The first-order valence-corrected chi connectivity index (χ1v) is 7.61. The van der Waals surface area contributed by atoms with Gasteiger partial charge in [-0.2, -0.15) is 0 Å². The van der Waals surface area contributed by atoms with Gasteiger partial charge >= 0.3 is 0 Å². The molecule has 0 atom stereocenters. The third-order valence-corrected chi connectivity index (χ3v) is 3.46. The van der Waals surface area contributed by atoms with Gasteiger partial charge in [-0.25, -0.2) is 4.98 Å². The van der Waals surface area contributed by atoms with Gasteiger partial charge in [0.25, 0.3) is 0 Å². The standard InChI is InChI=1S/C18H25N3/c1-4-9-19-13-16-8-10-20-18(12-16)21(3)14-17-7-5-6-15(2)11-17/h5-8,10-12,19H,4,9,13-14H2,1-3H3. The molecule has 21 heavy (non-hydrogen) atoms. The van der Waals surface area contributed by atoms with Crippen molar-refractivity contribution in [2.75, 3.05) is 18.5 Å². The molecule has 0 radical (unpaired) electrons. The summed E-state index contributed by atoms with van der Waals surface area (Å²) in [5, 5.41) is 3.43. The van der Waals surface area contributed by atoms with Crippen molar-refractivity contribution in [1.82, 2.24) is 10.3 Å². The SMILES string of the molecule is CCCNCc1ccnc(N(C)Cc2cccc(C)c2)c1. The molecular weight excluding hydrogens is 258 g/mol. The summed E-state index contributed by atoms with van der Waals surface area (Å²) >= 11 is 0. The van der Waals surface area contributed by atoms with Crippen LogP contribution in [0.3, 0.4) is 0 Å². The van der Waals surface area contributed by atoms with E-state index in [2.05, 4.69) is 72.5 Å². The van der Waals surface area contributed by atoms with Gasteiger partial charge in [0.05, 0.1) is 0 Å². The van der Waals surface area contributed by atoms with Gasteiger partial charge in [0.1, 0.15) is 5.82 Å². The van der Waals surface area contributed by atoms with E-state index < -0.39 is 0 Å². The highest BCUT2D eigenvalue weighted by molar-refractivity contribution is 5.41. The summed E-state index contributed by atoms with van der Waals surface area (Å²) in [5.74, 6) is 1.02. The van der Waals surface area contributed by atoms with Crippen molar-refractivity contribution in [2.45, 2.75) is 33.4 Å². The maximum absolute atomic E-state index is 4.48. The highest BCUT2D eigenvalue weighted by Crippen LogP contribution is 2.15. The lowest BCUT2D eigenvalue weighted by molar-refractivity contribution is 0.674. The Labute approximate surface area is 128 Å². The third kappa shape index (κ3) is 4.87. The second-order valence-corrected chi connectivity index (χ2v) is 5.54. The number of pyridine rings is 1. The zero-order valence-corrected chi connectivity index (χ0v) is 13.3. The second-order valence-electron chi connectivity index (χ2n) is 5.54. The summed E-state index contributed by atoms with van der Waals surface area (Å²) in [6.45, 7) is 7.14. The number of hydrogen-bond acceptors (Lipinski definition) is 3. The van der Waals surface area contributed by atoms with Crippen molar-refractivity contribution >= 4 is 5.82 Å². The van der Waals surface area contributed by atoms with E-state index in [9.17, 15) is 0 Å². The van der Waals surface area contributed by atoms with Crippen LogP contribution in [-0.4, -0.2) is 18.6 Å². The summed E-state index contributed by atoms with van der Waals surface area (Å²) in [6, 6.07) is 12.9. The molecule has 0 saturated carbocycles. The molecule has 0 bridgehead atoms. The van der Waals surface area contributed by atoms with Crippen molar-refractivity contribution in [3.8, 4) is 0 Å². The van der Waals surface area contributed by atoms with E-state index in [1.54, 1.807) is 0 Å². The minimum atomic E-state index is 0.876. The fraction of sp³-hybridized carbons (Fsp3) is 0.389. The van der Waals surface area contributed by atoms with Crippen molar-refractivity contribution in [3.05, 3.63) is 59.3 Å². The van der Waals surface area contributed by atoms with Crippen LogP contribution in [0.15, 0.2) is 42.6 Å². The molecule has 1 aromatic heterocycles. The number of nitrogens with one attached hydrogen (secondary N) is 1. The van der Waals surface area contributed by atoms with Crippen LogP contribution in [0.2, 0.25) is 0 Å². The van der Waals surface area contributed by atoms with Crippen molar-refractivity contribution < 1.29 is 0 Å². The molecule has 1 heterocycles. The fourth-order valence-electron chi connectivity index (χ4n) is 2.35. The molecule has 0 aliphatic heterocycles. The molecule has 3 heteroatoms. The molecule has 0 amide bonds. The molecule has 1 aromatic carbocycles. The zero-order chi connectivity index (χ0) is 15.1. The largest absolute Gasteiger partial charge is 0.355 e. The lowest BCUT2D eigenvalue weighted by Crippen LogP contribution is -2.19. The number of hydrogen-bond donors (Lipinski definition) is 1. The van der Waals surface area contributed by atoms with Gasteiger partial charge in [-0.15, -0.1) is 0 Å². The highest BCUT2D eigenvalue weighted by Gasteiger charge is 2.05. The van der Waals surface area contributed by atoms with Crippen molar-refractivity contribution in [1.29, 1.82) is 0 Å². The van der Waals surface area contributed by atoms with Crippen LogP contribution in [0.4, 0.5) is 5.82 Å². The Morgan fingerprint density at radius 1 is 1.14 bits per heavy atom. The second kappa shape index (κ2) is 7.79.